The maximum Gasteiger partial charge on any atom is 0.257 e. The van der Waals surface area contributed by atoms with Crippen LogP contribution in [0.3, 0.4) is 0 Å². The summed E-state index contributed by atoms with van der Waals surface area (Å²) in [5.41, 5.74) is 0.594. The van der Waals surface area contributed by atoms with Gasteiger partial charge in [-0.2, -0.15) is 0 Å². The Morgan fingerprint density at radius 2 is 1.87 bits per heavy atom. The van der Waals surface area contributed by atoms with Gasteiger partial charge in [0.15, 0.2) is 4.34 Å². The molecule has 3 aromatic rings. The van der Waals surface area contributed by atoms with E-state index in [1.54, 1.807) is 36.4 Å². The molecule has 0 aliphatic carbocycles. The predicted molar refractivity (Wildman–Crippen MR) is 120 cm³/mol. The quantitative estimate of drug-likeness (QED) is 0.256. The van der Waals surface area contributed by atoms with Crippen molar-refractivity contribution in [2.24, 2.45) is 0 Å². The first-order valence-corrected chi connectivity index (χ1v) is 11.4. The van der Waals surface area contributed by atoms with E-state index in [9.17, 15) is 14.0 Å². The van der Waals surface area contributed by atoms with Crippen LogP contribution in [0.1, 0.15) is 30.1 Å². The van der Waals surface area contributed by atoms with Crippen molar-refractivity contribution in [2.75, 3.05) is 23.0 Å². The minimum absolute atomic E-state index is 0.0381. The van der Waals surface area contributed by atoms with E-state index in [1.807, 2.05) is 0 Å². The van der Waals surface area contributed by atoms with Crippen LogP contribution < -0.4 is 15.4 Å². The highest BCUT2D eigenvalue weighted by molar-refractivity contribution is 8.01. The van der Waals surface area contributed by atoms with Gasteiger partial charge in [-0.3, -0.25) is 14.9 Å². The van der Waals surface area contributed by atoms with Gasteiger partial charge in [0.2, 0.25) is 11.0 Å². The van der Waals surface area contributed by atoms with Crippen molar-refractivity contribution < 1.29 is 18.7 Å². The van der Waals surface area contributed by atoms with E-state index in [4.69, 9.17) is 4.74 Å². The number of hydrogen-bond acceptors (Lipinski definition) is 7. The smallest absolute Gasteiger partial charge is 0.257 e. The predicted octanol–water partition coefficient (Wildman–Crippen LogP) is 4.84. The number of carbonyl (C=O) groups is 2. The van der Waals surface area contributed by atoms with Gasteiger partial charge in [-0.1, -0.05) is 48.6 Å². The Bertz CT molecular complexity index is 1030. The average molecular weight is 461 g/mol. The van der Waals surface area contributed by atoms with E-state index in [0.717, 1.165) is 35.9 Å². The molecule has 1 heterocycles. The molecule has 0 saturated carbocycles. The summed E-state index contributed by atoms with van der Waals surface area (Å²) in [6.07, 6.45) is 2.03. The summed E-state index contributed by atoms with van der Waals surface area (Å²) in [5, 5.41) is 13.4. The summed E-state index contributed by atoms with van der Waals surface area (Å²) in [7, 11) is 0. The van der Waals surface area contributed by atoms with Crippen molar-refractivity contribution in [3.63, 3.8) is 0 Å². The van der Waals surface area contributed by atoms with Crippen LogP contribution in [0.2, 0.25) is 0 Å². The molecule has 2 aromatic carbocycles. The van der Waals surface area contributed by atoms with Crippen LogP contribution >= 0.6 is 23.1 Å². The zero-order valence-corrected chi connectivity index (χ0v) is 18.4. The molecule has 0 aliphatic rings. The number of anilines is 2. The first kappa shape index (κ1) is 22.7. The molecule has 162 valence electrons. The van der Waals surface area contributed by atoms with Crippen LogP contribution in [0.5, 0.6) is 5.75 Å². The van der Waals surface area contributed by atoms with Crippen molar-refractivity contribution in [3.05, 3.63) is 59.9 Å². The van der Waals surface area contributed by atoms with Crippen LogP contribution in [0.4, 0.5) is 15.2 Å². The zero-order chi connectivity index (χ0) is 22.1. The SMILES string of the molecule is CCCCOc1ccc(C(=O)Nc2nnc(SCC(=O)Nc3ccccc3F)s2)cc1. The summed E-state index contributed by atoms with van der Waals surface area (Å²) in [5.74, 6) is -0.422. The summed E-state index contributed by atoms with van der Waals surface area (Å²) in [4.78, 5) is 24.4. The van der Waals surface area contributed by atoms with Gasteiger partial charge < -0.3 is 10.1 Å². The number of rotatable bonds is 10. The second kappa shape index (κ2) is 11.4. The molecule has 0 atom stereocenters. The molecule has 0 bridgehead atoms. The molecule has 2 amide bonds. The molecular weight excluding hydrogens is 439 g/mol. The molecule has 0 unspecified atom stereocenters. The Labute approximate surface area is 187 Å². The molecule has 0 spiro atoms. The molecule has 0 radical (unpaired) electrons. The third kappa shape index (κ3) is 7.04. The van der Waals surface area contributed by atoms with Crippen molar-refractivity contribution in [2.45, 2.75) is 24.1 Å². The number of benzene rings is 2. The molecule has 0 saturated heterocycles. The normalized spacial score (nSPS) is 10.5. The Morgan fingerprint density at radius 1 is 1.10 bits per heavy atom. The second-order valence-corrected chi connectivity index (χ2v) is 8.57. The van der Waals surface area contributed by atoms with Crippen molar-refractivity contribution >= 4 is 45.7 Å². The van der Waals surface area contributed by atoms with Gasteiger partial charge in [0.1, 0.15) is 11.6 Å². The third-order valence-corrected chi connectivity index (χ3v) is 5.96. The van der Waals surface area contributed by atoms with Crippen LogP contribution in [0.15, 0.2) is 52.9 Å². The maximum atomic E-state index is 13.6. The van der Waals surface area contributed by atoms with Crippen LogP contribution in [0.25, 0.3) is 0 Å². The van der Waals surface area contributed by atoms with E-state index >= 15 is 0 Å². The molecule has 0 aliphatic heterocycles. The van der Waals surface area contributed by atoms with Crippen LogP contribution in [-0.4, -0.2) is 34.4 Å². The highest BCUT2D eigenvalue weighted by atomic mass is 32.2. The lowest BCUT2D eigenvalue weighted by Gasteiger charge is -2.06. The lowest BCUT2D eigenvalue weighted by molar-refractivity contribution is -0.113. The summed E-state index contributed by atoms with van der Waals surface area (Å²) >= 11 is 2.31. The van der Waals surface area contributed by atoms with Gasteiger partial charge in [0, 0.05) is 5.56 Å². The monoisotopic (exact) mass is 460 g/mol. The van der Waals surface area contributed by atoms with Crippen molar-refractivity contribution in [1.29, 1.82) is 0 Å². The van der Waals surface area contributed by atoms with E-state index in [-0.39, 0.29) is 23.3 Å². The Morgan fingerprint density at radius 3 is 2.61 bits per heavy atom. The number of amides is 2. The van der Waals surface area contributed by atoms with Crippen molar-refractivity contribution in [3.8, 4) is 5.75 Å². The molecule has 31 heavy (non-hydrogen) atoms. The highest BCUT2D eigenvalue weighted by Gasteiger charge is 2.13. The van der Waals surface area contributed by atoms with E-state index < -0.39 is 5.82 Å². The van der Waals surface area contributed by atoms with Gasteiger partial charge in [0.05, 0.1) is 18.0 Å². The fourth-order valence-electron chi connectivity index (χ4n) is 2.40. The number of nitrogens with one attached hydrogen (secondary N) is 2. The first-order valence-electron chi connectivity index (χ1n) is 9.60. The number of hydrogen-bond donors (Lipinski definition) is 2. The molecule has 0 fully saturated rings. The molecule has 3 rings (SSSR count). The number of aromatic nitrogens is 2. The number of nitrogens with zero attached hydrogens (tertiary/aromatic N) is 2. The van der Waals surface area contributed by atoms with E-state index in [0.29, 0.717) is 27.4 Å². The maximum absolute atomic E-state index is 13.6. The summed E-state index contributed by atoms with van der Waals surface area (Å²) in [6.45, 7) is 2.74. The molecule has 1 aromatic heterocycles. The fourth-order valence-corrected chi connectivity index (χ4v) is 3.95. The Kier molecular flexibility index (Phi) is 8.36. The summed E-state index contributed by atoms with van der Waals surface area (Å²) < 4.78 is 19.7. The largest absolute Gasteiger partial charge is 0.494 e. The number of carbonyl (C=O) groups excluding carboxylic acids is 2. The topological polar surface area (TPSA) is 93.2 Å². The minimum atomic E-state index is -0.498. The van der Waals surface area contributed by atoms with Gasteiger partial charge in [-0.25, -0.2) is 4.39 Å². The van der Waals surface area contributed by atoms with Gasteiger partial charge in [-0.05, 0) is 42.8 Å². The third-order valence-electron chi connectivity index (χ3n) is 3.98. The molecular formula is C21H21FN4O3S2. The number of para-hydroxylation sites is 1. The number of thioether (sulfide) groups is 1. The average Bonchev–Trinajstić information content (AvgIpc) is 3.22. The van der Waals surface area contributed by atoms with Gasteiger partial charge >= 0.3 is 0 Å². The number of ether oxygens (including phenoxy) is 1. The van der Waals surface area contributed by atoms with Crippen molar-refractivity contribution in [1.82, 2.24) is 10.2 Å². The first-order chi connectivity index (χ1) is 15.0. The zero-order valence-electron chi connectivity index (χ0n) is 16.8. The fraction of sp³-hybridized carbons (Fsp3) is 0.238. The summed E-state index contributed by atoms with van der Waals surface area (Å²) in [6, 6.07) is 12.8. The number of unbranched alkanes of at least 4 members (excludes halogenated alkanes) is 1. The molecule has 7 nitrogen and oxygen atoms in total. The standard InChI is InChI=1S/C21H21FN4O3S2/c1-2-3-12-29-15-10-8-14(9-11-15)19(28)24-20-25-26-21(31-20)30-13-18(27)23-17-7-5-4-6-16(17)22/h4-11H,2-3,12-13H2,1H3,(H,23,27)(H,24,25,28). The second-order valence-electron chi connectivity index (χ2n) is 6.37. The lowest BCUT2D eigenvalue weighted by atomic mass is 10.2. The van der Waals surface area contributed by atoms with E-state index in [1.165, 1.54) is 12.1 Å². The number of halogens is 1. The van der Waals surface area contributed by atoms with Crippen LogP contribution in [-0.2, 0) is 4.79 Å². The highest BCUT2D eigenvalue weighted by Crippen LogP contribution is 2.26. The Balaban J connectivity index is 1.47. The van der Waals surface area contributed by atoms with Gasteiger partial charge in [0.25, 0.3) is 5.91 Å². The Hall–Kier alpha value is -2.98. The van der Waals surface area contributed by atoms with Crippen LogP contribution in [0, 0.1) is 5.82 Å². The molecule has 10 heteroatoms. The molecule has 2 N–H and O–H groups in total. The lowest BCUT2D eigenvalue weighted by Crippen LogP contribution is -2.14. The minimum Gasteiger partial charge on any atom is -0.494 e. The van der Waals surface area contributed by atoms with E-state index in [2.05, 4.69) is 27.8 Å². The van der Waals surface area contributed by atoms with Gasteiger partial charge in [-0.15, -0.1) is 10.2 Å².